The molecule has 2 nitrogen and oxygen atoms in total. The van der Waals surface area contributed by atoms with Crippen LogP contribution in [0.1, 0.15) is 36.1 Å². The average Bonchev–Trinajstić information content (AvgIpc) is 2.46. The number of nitrogens with one attached hydrogen (secondary N) is 1. The van der Waals surface area contributed by atoms with Crippen LogP contribution in [0.3, 0.4) is 0 Å². The maximum absolute atomic E-state index is 13.9. The van der Waals surface area contributed by atoms with Gasteiger partial charge < -0.3 is 5.32 Å². The highest BCUT2D eigenvalue weighted by Crippen LogP contribution is 2.27. The Hall–Kier alpha value is -2.34. The molecule has 2 rings (SSSR count). The Bertz CT molecular complexity index is 644. The van der Waals surface area contributed by atoms with E-state index in [0.717, 1.165) is 17.7 Å². The first kappa shape index (κ1) is 14.1. The normalized spacial score (nSPS) is 11.7. The van der Waals surface area contributed by atoms with E-state index in [1.54, 1.807) is 12.1 Å². The molecule has 1 unspecified atom stereocenters. The van der Waals surface area contributed by atoms with Gasteiger partial charge in [-0.2, -0.15) is 5.26 Å². The number of benzene rings is 2. The highest BCUT2D eigenvalue weighted by Gasteiger charge is 2.15. The van der Waals surface area contributed by atoms with Crippen LogP contribution in [0, 0.1) is 24.1 Å². The number of hydrogen-bond acceptors (Lipinski definition) is 2. The largest absolute Gasteiger partial charge is 0.377 e. The van der Waals surface area contributed by atoms with Crippen molar-refractivity contribution in [2.24, 2.45) is 0 Å². The first-order chi connectivity index (χ1) is 9.67. The van der Waals surface area contributed by atoms with E-state index in [9.17, 15) is 9.65 Å². The fraction of sp³-hybridized carbons (Fsp3) is 0.235. The molecule has 0 saturated carbocycles. The Morgan fingerprint density at radius 1 is 1.20 bits per heavy atom. The average molecular weight is 268 g/mol. The summed E-state index contributed by atoms with van der Waals surface area (Å²) in [6.45, 7) is 3.89. The molecule has 1 N–H and O–H groups in total. The molecule has 0 spiro atoms. The van der Waals surface area contributed by atoms with E-state index in [-0.39, 0.29) is 11.9 Å². The molecular weight excluding hydrogens is 251 g/mol. The zero-order valence-electron chi connectivity index (χ0n) is 11.7. The first-order valence-electron chi connectivity index (χ1n) is 6.68. The van der Waals surface area contributed by atoms with E-state index < -0.39 is 0 Å². The van der Waals surface area contributed by atoms with Gasteiger partial charge in [-0.05, 0) is 31.0 Å². The van der Waals surface area contributed by atoms with Crippen molar-refractivity contribution in [3.05, 3.63) is 65.0 Å². The fourth-order valence-electron chi connectivity index (χ4n) is 2.28. The SMILES string of the molecule is CCC(Nc1cccc(C)c1C#N)c1ccccc1F. The molecule has 0 aliphatic carbocycles. The van der Waals surface area contributed by atoms with Crippen molar-refractivity contribution in [2.75, 3.05) is 5.32 Å². The van der Waals surface area contributed by atoms with Gasteiger partial charge in [-0.25, -0.2) is 4.39 Å². The molecule has 2 aromatic carbocycles. The van der Waals surface area contributed by atoms with Gasteiger partial charge in [-0.3, -0.25) is 0 Å². The highest BCUT2D eigenvalue weighted by atomic mass is 19.1. The number of rotatable bonds is 4. The summed E-state index contributed by atoms with van der Waals surface area (Å²) in [4.78, 5) is 0. The Balaban J connectivity index is 2.35. The van der Waals surface area contributed by atoms with Gasteiger partial charge in [-0.15, -0.1) is 0 Å². The fourth-order valence-corrected chi connectivity index (χ4v) is 2.28. The number of halogens is 1. The van der Waals surface area contributed by atoms with Gasteiger partial charge in [0, 0.05) is 5.56 Å². The molecule has 1 atom stereocenters. The zero-order chi connectivity index (χ0) is 14.5. The molecule has 0 aliphatic rings. The van der Waals surface area contributed by atoms with Gasteiger partial charge in [0.1, 0.15) is 11.9 Å². The van der Waals surface area contributed by atoms with E-state index in [4.69, 9.17) is 0 Å². The summed E-state index contributed by atoms with van der Waals surface area (Å²) in [5.41, 5.74) is 2.91. The van der Waals surface area contributed by atoms with Crippen LogP contribution >= 0.6 is 0 Å². The van der Waals surface area contributed by atoms with E-state index in [2.05, 4.69) is 11.4 Å². The number of nitriles is 1. The quantitative estimate of drug-likeness (QED) is 0.881. The Morgan fingerprint density at radius 3 is 2.60 bits per heavy atom. The monoisotopic (exact) mass is 268 g/mol. The molecule has 0 amide bonds. The third kappa shape index (κ3) is 2.80. The van der Waals surface area contributed by atoms with Crippen LogP contribution in [0.4, 0.5) is 10.1 Å². The number of nitrogens with zero attached hydrogens (tertiary/aromatic N) is 1. The van der Waals surface area contributed by atoms with Crippen LogP contribution in [0.5, 0.6) is 0 Å². The minimum absolute atomic E-state index is 0.148. The van der Waals surface area contributed by atoms with Crippen molar-refractivity contribution in [1.29, 1.82) is 5.26 Å². The Labute approximate surface area is 118 Å². The summed E-state index contributed by atoms with van der Waals surface area (Å²) >= 11 is 0. The summed E-state index contributed by atoms with van der Waals surface area (Å²) in [5, 5.41) is 12.5. The van der Waals surface area contributed by atoms with Crippen LogP contribution in [0.25, 0.3) is 0 Å². The topological polar surface area (TPSA) is 35.8 Å². The maximum Gasteiger partial charge on any atom is 0.128 e. The van der Waals surface area contributed by atoms with Gasteiger partial charge >= 0.3 is 0 Å². The summed E-state index contributed by atoms with van der Waals surface area (Å²) < 4.78 is 13.9. The predicted molar refractivity (Wildman–Crippen MR) is 78.9 cm³/mol. The molecule has 3 heteroatoms. The lowest BCUT2D eigenvalue weighted by Gasteiger charge is -2.20. The molecule has 102 valence electrons. The van der Waals surface area contributed by atoms with Crippen LogP contribution in [-0.2, 0) is 0 Å². The second kappa shape index (κ2) is 6.21. The number of anilines is 1. The molecule has 0 bridgehead atoms. The lowest BCUT2D eigenvalue weighted by atomic mass is 10.0. The van der Waals surface area contributed by atoms with Crippen LogP contribution in [-0.4, -0.2) is 0 Å². The van der Waals surface area contributed by atoms with Crippen molar-refractivity contribution >= 4 is 5.69 Å². The molecule has 0 saturated heterocycles. The molecule has 0 aromatic heterocycles. The third-order valence-corrected chi connectivity index (χ3v) is 3.40. The van der Waals surface area contributed by atoms with Crippen molar-refractivity contribution < 1.29 is 4.39 Å². The molecule has 0 fully saturated rings. The van der Waals surface area contributed by atoms with Gasteiger partial charge in [0.25, 0.3) is 0 Å². The van der Waals surface area contributed by atoms with Crippen LogP contribution < -0.4 is 5.32 Å². The Kier molecular flexibility index (Phi) is 4.37. The predicted octanol–water partition coefficient (Wildman–Crippen LogP) is 4.57. The molecule has 0 aliphatic heterocycles. The van der Waals surface area contributed by atoms with E-state index in [0.29, 0.717) is 11.1 Å². The minimum atomic E-state index is -0.224. The molecule has 0 radical (unpaired) electrons. The van der Waals surface area contributed by atoms with Crippen LogP contribution in [0.15, 0.2) is 42.5 Å². The zero-order valence-corrected chi connectivity index (χ0v) is 11.7. The van der Waals surface area contributed by atoms with E-state index in [1.165, 1.54) is 6.07 Å². The first-order valence-corrected chi connectivity index (χ1v) is 6.68. The van der Waals surface area contributed by atoms with Crippen molar-refractivity contribution in [3.8, 4) is 6.07 Å². The molecule has 0 heterocycles. The molecule has 2 aromatic rings. The highest BCUT2D eigenvalue weighted by molar-refractivity contribution is 5.61. The number of aryl methyl sites for hydroxylation is 1. The second-order valence-corrected chi connectivity index (χ2v) is 4.74. The summed E-state index contributed by atoms with van der Waals surface area (Å²) in [5.74, 6) is -0.224. The Morgan fingerprint density at radius 2 is 1.95 bits per heavy atom. The molecule has 20 heavy (non-hydrogen) atoms. The van der Waals surface area contributed by atoms with Gasteiger partial charge in [-0.1, -0.05) is 37.3 Å². The standard InChI is InChI=1S/C17H17FN2/c1-3-16(13-8-4-5-9-15(13)18)20-17-10-6-7-12(2)14(17)11-19/h4-10,16,20H,3H2,1-2H3. The maximum atomic E-state index is 13.9. The number of hydrogen-bond donors (Lipinski definition) is 1. The summed E-state index contributed by atoms with van der Waals surface area (Å²) in [6.07, 6.45) is 0.736. The van der Waals surface area contributed by atoms with Crippen LogP contribution in [0.2, 0.25) is 0 Å². The summed E-state index contributed by atoms with van der Waals surface area (Å²) in [7, 11) is 0. The lowest BCUT2D eigenvalue weighted by molar-refractivity contribution is 0.587. The second-order valence-electron chi connectivity index (χ2n) is 4.74. The van der Waals surface area contributed by atoms with Crippen molar-refractivity contribution in [1.82, 2.24) is 0 Å². The van der Waals surface area contributed by atoms with Gasteiger partial charge in [0.2, 0.25) is 0 Å². The lowest BCUT2D eigenvalue weighted by Crippen LogP contribution is -2.12. The smallest absolute Gasteiger partial charge is 0.128 e. The minimum Gasteiger partial charge on any atom is -0.377 e. The summed E-state index contributed by atoms with van der Waals surface area (Å²) in [6, 6.07) is 14.4. The van der Waals surface area contributed by atoms with Crippen molar-refractivity contribution in [3.63, 3.8) is 0 Å². The van der Waals surface area contributed by atoms with Crippen molar-refractivity contribution in [2.45, 2.75) is 26.3 Å². The van der Waals surface area contributed by atoms with Gasteiger partial charge in [0.05, 0.1) is 17.3 Å². The molecular formula is C17H17FN2. The third-order valence-electron chi connectivity index (χ3n) is 3.40. The van der Waals surface area contributed by atoms with Gasteiger partial charge in [0.15, 0.2) is 0 Å². The van der Waals surface area contributed by atoms with E-state index in [1.807, 2.05) is 38.1 Å². The van der Waals surface area contributed by atoms with E-state index >= 15 is 0 Å².